The topological polar surface area (TPSA) is 158 Å². The maximum Gasteiger partial charge on any atom is 0.263 e. The van der Waals surface area contributed by atoms with Gasteiger partial charge in [0, 0.05) is 36.0 Å². The number of benzene rings is 4. The maximum atomic E-state index is 13.7. The molecule has 44 heavy (non-hydrogen) atoms. The standard InChI is InChI=1S/C32H32N6O5S/c1-20-9-4-5-10-21(20)15-29(30(33)39)34-22-11-8-12-26(18-22)44(40,41)38-32-31(36-27-13-6-7-14-28(27)37-32)35-23-16-24(42-2)19-25(17-23)43-3/h4-14,16-19,29,34H,15H2,1-3H3,(H2,33,39)(H,35,36)(H,37,38). The Bertz CT molecular complexity index is 1910. The van der Waals surface area contributed by atoms with E-state index >= 15 is 0 Å². The molecule has 0 aliphatic heterocycles. The molecule has 0 saturated carbocycles. The summed E-state index contributed by atoms with van der Waals surface area (Å²) in [6, 6.07) is 25.3. The van der Waals surface area contributed by atoms with Crippen LogP contribution < -0.4 is 30.6 Å². The van der Waals surface area contributed by atoms with E-state index in [0.29, 0.717) is 40.3 Å². The summed E-state index contributed by atoms with van der Waals surface area (Å²) in [5.41, 5.74) is 9.69. The predicted molar refractivity (Wildman–Crippen MR) is 171 cm³/mol. The highest BCUT2D eigenvalue weighted by Crippen LogP contribution is 2.31. The molecule has 12 heteroatoms. The van der Waals surface area contributed by atoms with Crippen LogP contribution >= 0.6 is 0 Å². The van der Waals surface area contributed by atoms with E-state index in [1.54, 1.807) is 48.5 Å². The van der Waals surface area contributed by atoms with Gasteiger partial charge in [-0.25, -0.2) is 18.4 Å². The van der Waals surface area contributed by atoms with Crippen molar-refractivity contribution in [3.63, 3.8) is 0 Å². The van der Waals surface area contributed by atoms with E-state index in [0.717, 1.165) is 11.1 Å². The molecular formula is C32H32N6O5S. The van der Waals surface area contributed by atoms with Crippen LogP contribution in [0.25, 0.3) is 11.0 Å². The van der Waals surface area contributed by atoms with Crippen molar-refractivity contribution >= 4 is 50.0 Å². The number of nitrogens with one attached hydrogen (secondary N) is 3. The molecule has 5 rings (SSSR count). The molecule has 0 fully saturated rings. The number of primary amides is 1. The molecule has 11 nitrogen and oxygen atoms in total. The second-order valence-corrected chi connectivity index (χ2v) is 11.7. The van der Waals surface area contributed by atoms with E-state index in [1.807, 2.05) is 37.3 Å². The van der Waals surface area contributed by atoms with E-state index in [4.69, 9.17) is 15.2 Å². The Morgan fingerprint density at radius 1 is 0.818 bits per heavy atom. The first-order valence-corrected chi connectivity index (χ1v) is 15.1. The maximum absolute atomic E-state index is 13.7. The number of hydrogen-bond acceptors (Lipinski definition) is 9. The lowest BCUT2D eigenvalue weighted by Gasteiger charge is -2.19. The number of aryl methyl sites for hydroxylation is 1. The summed E-state index contributed by atoms with van der Waals surface area (Å²) in [6.45, 7) is 1.95. The van der Waals surface area contributed by atoms with E-state index < -0.39 is 22.0 Å². The number of methoxy groups -OCH3 is 2. The molecule has 1 heterocycles. The lowest BCUT2D eigenvalue weighted by Crippen LogP contribution is -2.37. The van der Waals surface area contributed by atoms with Crippen LogP contribution in [0, 0.1) is 6.92 Å². The molecule has 4 aromatic carbocycles. The Labute approximate surface area is 255 Å². The van der Waals surface area contributed by atoms with Crippen molar-refractivity contribution in [2.45, 2.75) is 24.3 Å². The molecule has 1 amide bonds. The number of nitrogens with zero attached hydrogens (tertiary/aromatic N) is 2. The fourth-order valence-corrected chi connectivity index (χ4v) is 5.65. The zero-order valence-corrected chi connectivity index (χ0v) is 25.2. The highest BCUT2D eigenvalue weighted by atomic mass is 32.2. The van der Waals surface area contributed by atoms with Gasteiger partial charge >= 0.3 is 0 Å². The number of amides is 1. The number of rotatable bonds is 12. The van der Waals surface area contributed by atoms with Gasteiger partial charge < -0.3 is 25.8 Å². The molecule has 1 unspecified atom stereocenters. The second kappa shape index (κ2) is 12.9. The van der Waals surface area contributed by atoms with Crippen LogP contribution in [-0.4, -0.2) is 44.6 Å². The minimum Gasteiger partial charge on any atom is -0.497 e. The third-order valence-electron chi connectivity index (χ3n) is 6.93. The molecular weight excluding hydrogens is 580 g/mol. The third kappa shape index (κ3) is 6.98. The Hall–Kier alpha value is -5.36. The largest absolute Gasteiger partial charge is 0.497 e. The summed E-state index contributed by atoms with van der Waals surface area (Å²) in [7, 11) is -1.10. The van der Waals surface area contributed by atoms with Crippen LogP contribution in [0.1, 0.15) is 11.1 Å². The number of carbonyl (C=O) groups excluding carboxylic acids is 1. The molecule has 226 valence electrons. The van der Waals surface area contributed by atoms with E-state index in [1.165, 1.54) is 26.4 Å². The molecule has 0 saturated heterocycles. The molecule has 0 aliphatic rings. The summed E-state index contributed by atoms with van der Waals surface area (Å²) in [4.78, 5) is 21.5. The zero-order chi connectivity index (χ0) is 31.3. The van der Waals surface area contributed by atoms with E-state index in [2.05, 4.69) is 25.3 Å². The fraction of sp³-hybridized carbons (Fsp3) is 0.156. The van der Waals surface area contributed by atoms with Gasteiger partial charge in [-0.05, 0) is 48.4 Å². The third-order valence-corrected chi connectivity index (χ3v) is 8.27. The summed E-state index contributed by atoms with van der Waals surface area (Å²) in [6.07, 6.45) is 0.341. The number of hydrogen-bond donors (Lipinski definition) is 4. The highest BCUT2D eigenvalue weighted by Gasteiger charge is 2.22. The molecule has 0 radical (unpaired) electrons. The Kier molecular flexibility index (Phi) is 8.81. The summed E-state index contributed by atoms with van der Waals surface area (Å²) in [5, 5.41) is 6.23. The SMILES string of the molecule is COc1cc(Nc2nc3ccccc3nc2NS(=O)(=O)c2cccc(NC(Cc3ccccc3C)C(N)=O)c2)cc(OC)c1. The zero-order valence-electron chi connectivity index (χ0n) is 24.4. The van der Waals surface area contributed by atoms with Crippen LogP contribution in [0.15, 0.2) is 95.9 Å². The predicted octanol–water partition coefficient (Wildman–Crippen LogP) is 5.01. The number of ether oxygens (including phenoxy) is 2. The summed E-state index contributed by atoms with van der Waals surface area (Å²) >= 11 is 0. The lowest BCUT2D eigenvalue weighted by molar-refractivity contribution is -0.118. The Morgan fingerprint density at radius 2 is 1.45 bits per heavy atom. The number of fused-ring (bicyclic) bond motifs is 1. The van der Waals surface area contributed by atoms with Crippen molar-refractivity contribution in [1.29, 1.82) is 0 Å². The van der Waals surface area contributed by atoms with Crippen molar-refractivity contribution in [3.8, 4) is 11.5 Å². The van der Waals surface area contributed by atoms with Gasteiger partial charge in [0.1, 0.15) is 17.5 Å². The monoisotopic (exact) mass is 612 g/mol. The lowest BCUT2D eigenvalue weighted by atomic mass is 10.0. The minimum absolute atomic E-state index is 0.0154. The summed E-state index contributed by atoms with van der Waals surface area (Å²) in [5.74, 6) is 0.658. The average Bonchev–Trinajstić information content (AvgIpc) is 3.01. The van der Waals surface area contributed by atoms with Crippen LogP contribution in [-0.2, 0) is 21.2 Å². The van der Waals surface area contributed by atoms with Crippen LogP contribution in [0.3, 0.4) is 0 Å². The molecule has 1 atom stereocenters. The highest BCUT2D eigenvalue weighted by molar-refractivity contribution is 7.92. The van der Waals surface area contributed by atoms with Gasteiger partial charge in [0.25, 0.3) is 10.0 Å². The molecule has 0 spiro atoms. The number of nitrogens with two attached hydrogens (primary N) is 1. The van der Waals surface area contributed by atoms with Crippen molar-refractivity contribution in [1.82, 2.24) is 9.97 Å². The number of anilines is 4. The van der Waals surface area contributed by atoms with Gasteiger partial charge in [-0.3, -0.25) is 9.52 Å². The van der Waals surface area contributed by atoms with Crippen molar-refractivity contribution in [2.24, 2.45) is 5.73 Å². The van der Waals surface area contributed by atoms with Crippen LogP contribution in [0.2, 0.25) is 0 Å². The van der Waals surface area contributed by atoms with Crippen molar-refractivity contribution < 1.29 is 22.7 Å². The minimum atomic E-state index is -4.16. The number of carbonyl (C=O) groups is 1. The van der Waals surface area contributed by atoms with Gasteiger partial charge in [-0.15, -0.1) is 0 Å². The molecule has 0 bridgehead atoms. The smallest absolute Gasteiger partial charge is 0.263 e. The van der Waals surface area contributed by atoms with Crippen molar-refractivity contribution in [3.05, 3.63) is 102 Å². The van der Waals surface area contributed by atoms with Crippen molar-refractivity contribution in [2.75, 3.05) is 29.6 Å². The Balaban J connectivity index is 1.45. The normalized spacial score (nSPS) is 11.9. The Morgan fingerprint density at radius 3 is 2.09 bits per heavy atom. The van der Waals surface area contributed by atoms with Gasteiger partial charge in [0.2, 0.25) is 5.91 Å². The van der Waals surface area contributed by atoms with Gasteiger partial charge in [0.05, 0.1) is 30.1 Å². The van der Waals surface area contributed by atoms with Crippen LogP contribution in [0.4, 0.5) is 23.0 Å². The molecule has 0 aliphatic carbocycles. The molecule has 5 aromatic rings. The van der Waals surface area contributed by atoms with E-state index in [9.17, 15) is 13.2 Å². The van der Waals surface area contributed by atoms with Gasteiger partial charge in [0.15, 0.2) is 11.6 Å². The first kappa shape index (κ1) is 30.1. The average molecular weight is 613 g/mol. The molecule has 5 N–H and O–H groups in total. The van der Waals surface area contributed by atoms with Crippen LogP contribution in [0.5, 0.6) is 11.5 Å². The first-order chi connectivity index (χ1) is 21.1. The number of aromatic nitrogens is 2. The molecule has 1 aromatic heterocycles. The van der Waals surface area contributed by atoms with Gasteiger partial charge in [-0.2, -0.15) is 0 Å². The summed E-state index contributed by atoms with van der Waals surface area (Å²) < 4.78 is 40.7. The number of sulfonamides is 1. The fourth-order valence-electron chi connectivity index (χ4n) is 4.60. The number of para-hydroxylation sites is 2. The van der Waals surface area contributed by atoms with E-state index in [-0.39, 0.29) is 16.5 Å². The first-order valence-electron chi connectivity index (χ1n) is 13.7. The van der Waals surface area contributed by atoms with Gasteiger partial charge in [-0.1, -0.05) is 42.5 Å². The quantitative estimate of drug-likeness (QED) is 0.152. The second-order valence-electron chi connectivity index (χ2n) is 10.00.